The lowest BCUT2D eigenvalue weighted by atomic mass is 9.97. The number of aromatic nitrogens is 1. The maximum Gasteiger partial charge on any atom is 0.208 e. The molecule has 0 aromatic carbocycles. The average Bonchev–Trinajstić information content (AvgIpc) is 3.48. The molecule has 3 aliphatic rings. The second-order valence-electron chi connectivity index (χ2n) is 9.29. The zero-order valence-corrected chi connectivity index (χ0v) is 21.9. The van der Waals surface area contributed by atoms with Gasteiger partial charge in [-0.05, 0) is 85.0 Å². The average molecular weight is 545 g/mol. The van der Waals surface area contributed by atoms with Crippen LogP contribution in [-0.2, 0) is 6.54 Å². The minimum Gasteiger partial charge on any atom is -0.444 e. The lowest BCUT2D eigenvalue weighted by Gasteiger charge is -2.31. The largest absolute Gasteiger partial charge is 0.444 e. The third kappa shape index (κ3) is 6.57. The summed E-state index contributed by atoms with van der Waals surface area (Å²) in [6.45, 7) is 16.0. The van der Waals surface area contributed by atoms with E-state index in [1.807, 2.05) is 13.8 Å². The maximum atomic E-state index is 5.76. The highest BCUT2D eigenvalue weighted by Crippen LogP contribution is 2.22. The topological polar surface area (TPSA) is 60.1 Å². The van der Waals surface area contributed by atoms with Crippen LogP contribution in [-0.4, -0.2) is 84.0 Å². The van der Waals surface area contributed by atoms with Gasteiger partial charge in [0.2, 0.25) is 5.89 Å². The summed E-state index contributed by atoms with van der Waals surface area (Å²) >= 11 is 0. The summed E-state index contributed by atoms with van der Waals surface area (Å²) in [5.74, 6) is 3.61. The van der Waals surface area contributed by atoms with Crippen molar-refractivity contribution in [2.45, 2.75) is 65.5 Å². The number of rotatable bonds is 6. The predicted molar refractivity (Wildman–Crippen MR) is 136 cm³/mol. The Morgan fingerprint density at radius 1 is 1.10 bits per heavy atom. The van der Waals surface area contributed by atoms with Gasteiger partial charge in [-0.1, -0.05) is 0 Å². The minimum atomic E-state index is 0. The van der Waals surface area contributed by atoms with Crippen molar-refractivity contribution in [3.05, 3.63) is 17.3 Å². The quantitative estimate of drug-likeness (QED) is 0.337. The SMILES string of the molecule is CCNC(=NCC1CCN(Cc2nc(C)c(C)o2)CC1)N1CCC(N2CCCC2)C1.I. The van der Waals surface area contributed by atoms with Gasteiger partial charge in [0.05, 0.1) is 12.2 Å². The molecule has 0 radical (unpaired) electrons. The number of guanidine groups is 1. The first kappa shape index (κ1) is 24.8. The molecule has 1 aromatic heterocycles. The molecule has 1 unspecified atom stereocenters. The molecule has 3 fully saturated rings. The van der Waals surface area contributed by atoms with Crippen molar-refractivity contribution in [3.63, 3.8) is 0 Å². The van der Waals surface area contributed by atoms with Crippen LogP contribution in [0, 0.1) is 19.8 Å². The van der Waals surface area contributed by atoms with Gasteiger partial charge in [-0.15, -0.1) is 24.0 Å². The van der Waals surface area contributed by atoms with Crippen LogP contribution in [0.5, 0.6) is 0 Å². The monoisotopic (exact) mass is 544 g/mol. The molecule has 176 valence electrons. The van der Waals surface area contributed by atoms with Crippen molar-refractivity contribution in [2.24, 2.45) is 10.9 Å². The number of piperidine rings is 1. The highest BCUT2D eigenvalue weighted by molar-refractivity contribution is 14.0. The van der Waals surface area contributed by atoms with E-state index in [0.717, 1.165) is 75.2 Å². The van der Waals surface area contributed by atoms with Gasteiger partial charge >= 0.3 is 0 Å². The summed E-state index contributed by atoms with van der Waals surface area (Å²) in [5, 5.41) is 3.55. The standard InChI is InChI=1S/C23H40N6O.HI/c1-4-24-23(29-14-9-21(16-29)28-10-5-6-11-28)25-15-20-7-12-27(13-8-20)17-22-26-18(2)19(3)30-22;/h20-21H,4-17H2,1-3H3,(H,24,25);1H. The molecular weight excluding hydrogens is 503 g/mol. The molecule has 31 heavy (non-hydrogen) atoms. The lowest BCUT2D eigenvalue weighted by Crippen LogP contribution is -2.43. The fraction of sp³-hybridized carbons (Fsp3) is 0.826. The fourth-order valence-electron chi connectivity index (χ4n) is 5.11. The summed E-state index contributed by atoms with van der Waals surface area (Å²) in [5.41, 5.74) is 1.01. The first-order valence-corrected chi connectivity index (χ1v) is 12.0. The van der Waals surface area contributed by atoms with Crippen molar-refractivity contribution in [3.8, 4) is 0 Å². The summed E-state index contributed by atoms with van der Waals surface area (Å²) in [7, 11) is 0. The van der Waals surface area contributed by atoms with Crippen LogP contribution in [0.2, 0.25) is 0 Å². The van der Waals surface area contributed by atoms with E-state index in [4.69, 9.17) is 9.41 Å². The van der Waals surface area contributed by atoms with Gasteiger partial charge in [-0.3, -0.25) is 14.8 Å². The van der Waals surface area contributed by atoms with Gasteiger partial charge in [0.15, 0.2) is 5.96 Å². The Balaban J connectivity index is 0.00000272. The third-order valence-electron chi connectivity index (χ3n) is 7.09. The normalized spacial score (nSPS) is 24.0. The van der Waals surface area contributed by atoms with E-state index in [-0.39, 0.29) is 24.0 Å². The van der Waals surface area contributed by atoms with Crippen LogP contribution in [0.1, 0.15) is 56.4 Å². The minimum absolute atomic E-state index is 0. The Morgan fingerprint density at radius 3 is 2.48 bits per heavy atom. The molecular formula is C23H41IN6O. The van der Waals surface area contributed by atoms with Gasteiger partial charge in [-0.25, -0.2) is 4.98 Å². The molecule has 0 saturated carbocycles. The van der Waals surface area contributed by atoms with Crippen molar-refractivity contribution >= 4 is 29.9 Å². The molecule has 7 nitrogen and oxygen atoms in total. The number of hydrogen-bond donors (Lipinski definition) is 1. The van der Waals surface area contributed by atoms with Gasteiger partial charge in [0.25, 0.3) is 0 Å². The molecule has 0 aliphatic carbocycles. The van der Waals surface area contributed by atoms with Crippen LogP contribution >= 0.6 is 24.0 Å². The molecule has 1 atom stereocenters. The van der Waals surface area contributed by atoms with Crippen LogP contribution in [0.3, 0.4) is 0 Å². The van der Waals surface area contributed by atoms with Crippen molar-refractivity contribution < 1.29 is 4.42 Å². The fourth-order valence-corrected chi connectivity index (χ4v) is 5.11. The van der Waals surface area contributed by atoms with E-state index in [0.29, 0.717) is 5.92 Å². The molecule has 4 rings (SSSR count). The highest BCUT2D eigenvalue weighted by Gasteiger charge is 2.31. The van der Waals surface area contributed by atoms with Gasteiger partial charge < -0.3 is 14.6 Å². The smallest absolute Gasteiger partial charge is 0.208 e. The summed E-state index contributed by atoms with van der Waals surface area (Å²) in [4.78, 5) is 17.3. The van der Waals surface area contributed by atoms with Gasteiger partial charge in [0, 0.05) is 32.2 Å². The van der Waals surface area contributed by atoms with Crippen molar-refractivity contribution in [2.75, 3.05) is 52.4 Å². The zero-order chi connectivity index (χ0) is 20.9. The van der Waals surface area contributed by atoms with E-state index in [1.165, 1.54) is 45.2 Å². The van der Waals surface area contributed by atoms with Crippen LogP contribution < -0.4 is 5.32 Å². The number of hydrogen-bond acceptors (Lipinski definition) is 5. The van der Waals surface area contributed by atoms with E-state index in [1.54, 1.807) is 0 Å². The van der Waals surface area contributed by atoms with Crippen LogP contribution in [0.4, 0.5) is 0 Å². The Bertz CT molecular complexity index is 689. The number of nitrogens with one attached hydrogen (secondary N) is 1. The van der Waals surface area contributed by atoms with E-state index < -0.39 is 0 Å². The molecule has 1 N–H and O–H groups in total. The zero-order valence-electron chi connectivity index (χ0n) is 19.6. The molecule has 4 heterocycles. The summed E-state index contributed by atoms with van der Waals surface area (Å²) < 4.78 is 5.76. The third-order valence-corrected chi connectivity index (χ3v) is 7.09. The molecule has 0 amide bonds. The number of nitrogens with zero attached hydrogens (tertiary/aromatic N) is 5. The second-order valence-corrected chi connectivity index (χ2v) is 9.29. The maximum absolute atomic E-state index is 5.76. The Morgan fingerprint density at radius 2 is 1.84 bits per heavy atom. The Labute approximate surface area is 205 Å². The summed E-state index contributed by atoms with van der Waals surface area (Å²) in [6, 6.07) is 0.724. The number of halogens is 1. The molecule has 3 aliphatic heterocycles. The van der Waals surface area contributed by atoms with Crippen molar-refractivity contribution in [1.82, 2.24) is 25.0 Å². The molecule has 0 spiro atoms. The number of aryl methyl sites for hydroxylation is 2. The number of aliphatic imine (C=N–C) groups is 1. The second kappa shape index (κ2) is 11.8. The molecule has 1 aromatic rings. The Kier molecular flexibility index (Phi) is 9.46. The van der Waals surface area contributed by atoms with E-state index >= 15 is 0 Å². The predicted octanol–water partition coefficient (Wildman–Crippen LogP) is 3.26. The van der Waals surface area contributed by atoms with Crippen LogP contribution in [0.25, 0.3) is 0 Å². The summed E-state index contributed by atoms with van der Waals surface area (Å²) in [6.07, 6.45) is 6.44. The van der Waals surface area contributed by atoms with Gasteiger partial charge in [-0.2, -0.15) is 0 Å². The van der Waals surface area contributed by atoms with Crippen molar-refractivity contribution in [1.29, 1.82) is 0 Å². The molecule has 0 bridgehead atoms. The lowest BCUT2D eigenvalue weighted by molar-refractivity contribution is 0.166. The number of oxazole rings is 1. The van der Waals surface area contributed by atoms with Gasteiger partial charge in [0.1, 0.15) is 5.76 Å². The van der Waals surface area contributed by atoms with E-state index in [2.05, 4.69) is 31.9 Å². The first-order valence-electron chi connectivity index (χ1n) is 12.0. The number of likely N-dealkylation sites (tertiary alicyclic amines) is 3. The van der Waals surface area contributed by atoms with Crippen LogP contribution in [0.15, 0.2) is 9.41 Å². The first-order chi connectivity index (χ1) is 14.6. The Hall–Kier alpha value is -0.870. The highest BCUT2D eigenvalue weighted by atomic mass is 127. The van der Waals surface area contributed by atoms with E-state index in [9.17, 15) is 0 Å². The molecule has 3 saturated heterocycles. The molecule has 8 heteroatoms.